The lowest BCUT2D eigenvalue weighted by Gasteiger charge is -2.08. The Hall–Kier alpha value is -3.04. The van der Waals surface area contributed by atoms with Crippen LogP contribution in [0.4, 0.5) is 5.69 Å². The van der Waals surface area contributed by atoms with Crippen LogP contribution in [0.3, 0.4) is 0 Å². The average molecular weight is 369 g/mol. The first-order valence-corrected chi connectivity index (χ1v) is 9.83. The zero-order chi connectivity index (χ0) is 18.5. The largest absolute Gasteiger partial charge is 0.322 e. The van der Waals surface area contributed by atoms with Gasteiger partial charge >= 0.3 is 0 Å². The van der Waals surface area contributed by atoms with Crippen LogP contribution < -0.4 is 5.32 Å². The van der Waals surface area contributed by atoms with E-state index in [4.69, 9.17) is 0 Å². The molecule has 4 rings (SSSR count). The average Bonchev–Trinajstić information content (AvgIpc) is 2.73. The van der Waals surface area contributed by atoms with E-state index in [0.717, 1.165) is 27.1 Å². The molecule has 0 aliphatic rings. The first-order valence-electron chi connectivity index (χ1n) is 8.85. The van der Waals surface area contributed by atoms with Crippen LogP contribution in [-0.2, 0) is 5.75 Å². The number of fused-ring (bicyclic) bond motifs is 1. The van der Waals surface area contributed by atoms with Crippen molar-refractivity contribution in [3.63, 3.8) is 0 Å². The Labute approximate surface area is 163 Å². The van der Waals surface area contributed by atoms with Gasteiger partial charge in [0, 0.05) is 21.9 Å². The fourth-order valence-corrected chi connectivity index (χ4v) is 3.85. The Kier molecular flexibility index (Phi) is 5.22. The molecule has 0 unspecified atom stereocenters. The summed E-state index contributed by atoms with van der Waals surface area (Å²) in [5.41, 5.74) is 2.76. The smallest absolute Gasteiger partial charge is 0.255 e. The van der Waals surface area contributed by atoms with Crippen molar-refractivity contribution in [2.75, 3.05) is 5.32 Å². The number of hydrogen-bond acceptors (Lipinski definition) is 2. The molecule has 0 heterocycles. The van der Waals surface area contributed by atoms with Gasteiger partial charge in [0.1, 0.15) is 0 Å². The van der Waals surface area contributed by atoms with E-state index in [0.29, 0.717) is 5.56 Å². The molecule has 0 radical (unpaired) electrons. The summed E-state index contributed by atoms with van der Waals surface area (Å²) >= 11 is 1.76. The fraction of sp³-hybridized carbons (Fsp3) is 0.0417. The van der Waals surface area contributed by atoms with Gasteiger partial charge in [-0.05, 0) is 46.7 Å². The van der Waals surface area contributed by atoms with Crippen LogP contribution in [0, 0.1) is 0 Å². The Balaban J connectivity index is 1.46. The van der Waals surface area contributed by atoms with Gasteiger partial charge in [0.15, 0.2) is 0 Å². The normalized spacial score (nSPS) is 10.7. The number of carbonyl (C=O) groups excluding carboxylic acids is 1. The van der Waals surface area contributed by atoms with E-state index in [1.165, 1.54) is 5.56 Å². The van der Waals surface area contributed by atoms with Crippen LogP contribution in [0.1, 0.15) is 15.9 Å². The van der Waals surface area contributed by atoms with Gasteiger partial charge in [0.2, 0.25) is 0 Å². The van der Waals surface area contributed by atoms with Gasteiger partial charge in [0.05, 0.1) is 0 Å². The van der Waals surface area contributed by atoms with E-state index in [1.54, 1.807) is 11.8 Å². The maximum Gasteiger partial charge on any atom is 0.255 e. The Bertz CT molecular complexity index is 1080. The molecule has 27 heavy (non-hydrogen) atoms. The predicted octanol–water partition coefficient (Wildman–Crippen LogP) is 6.38. The highest BCUT2D eigenvalue weighted by Gasteiger charge is 2.07. The number of thioether (sulfide) groups is 1. The van der Waals surface area contributed by atoms with E-state index in [2.05, 4.69) is 35.6 Å². The second kappa shape index (κ2) is 8.11. The van der Waals surface area contributed by atoms with E-state index < -0.39 is 0 Å². The van der Waals surface area contributed by atoms with Gasteiger partial charge in [-0.2, -0.15) is 0 Å². The fourth-order valence-electron chi connectivity index (χ4n) is 2.94. The van der Waals surface area contributed by atoms with Crippen LogP contribution in [0.15, 0.2) is 102 Å². The van der Waals surface area contributed by atoms with E-state index >= 15 is 0 Å². The summed E-state index contributed by atoms with van der Waals surface area (Å²) in [5, 5.41) is 5.21. The van der Waals surface area contributed by atoms with Crippen molar-refractivity contribution in [3.8, 4) is 0 Å². The predicted molar refractivity (Wildman–Crippen MR) is 114 cm³/mol. The molecular weight excluding hydrogens is 350 g/mol. The molecule has 1 amide bonds. The van der Waals surface area contributed by atoms with E-state index in [9.17, 15) is 4.79 Å². The minimum Gasteiger partial charge on any atom is -0.322 e. The third kappa shape index (κ3) is 4.39. The maximum atomic E-state index is 12.6. The Morgan fingerprint density at radius 2 is 1.52 bits per heavy atom. The molecule has 0 spiro atoms. The number of rotatable bonds is 5. The molecule has 3 heteroatoms. The summed E-state index contributed by atoms with van der Waals surface area (Å²) in [5.74, 6) is 0.814. The zero-order valence-corrected chi connectivity index (χ0v) is 15.6. The first-order chi connectivity index (χ1) is 13.3. The highest BCUT2D eigenvalue weighted by Crippen LogP contribution is 2.25. The standard InChI is InChI=1S/C24H19NOS/c26-24(21-14-13-19-9-4-5-10-20(19)15-21)25-22-11-6-12-23(16-22)27-17-18-7-2-1-3-8-18/h1-16H,17H2,(H,25,26). The van der Waals surface area contributed by atoms with Crippen LogP contribution >= 0.6 is 11.8 Å². The van der Waals surface area contributed by atoms with Crippen LogP contribution in [-0.4, -0.2) is 5.91 Å². The molecule has 0 saturated carbocycles. The molecule has 0 aliphatic carbocycles. The number of nitrogens with one attached hydrogen (secondary N) is 1. The molecule has 0 atom stereocenters. The van der Waals surface area contributed by atoms with Crippen molar-refractivity contribution >= 4 is 34.1 Å². The number of benzene rings is 4. The molecule has 0 fully saturated rings. The van der Waals surface area contributed by atoms with Gasteiger partial charge in [-0.3, -0.25) is 4.79 Å². The van der Waals surface area contributed by atoms with E-state index in [-0.39, 0.29) is 5.91 Å². The van der Waals surface area contributed by atoms with Gasteiger partial charge < -0.3 is 5.32 Å². The van der Waals surface area contributed by atoms with E-state index in [1.807, 2.05) is 66.7 Å². The number of hydrogen-bond donors (Lipinski definition) is 1. The monoisotopic (exact) mass is 369 g/mol. The molecule has 0 aliphatic heterocycles. The third-order valence-corrected chi connectivity index (χ3v) is 5.42. The summed E-state index contributed by atoms with van der Waals surface area (Å²) in [7, 11) is 0. The molecule has 2 nitrogen and oxygen atoms in total. The summed E-state index contributed by atoms with van der Waals surface area (Å²) < 4.78 is 0. The number of carbonyl (C=O) groups is 1. The van der Waals surface area contributed by atoms with Gasteiger partial charge in [0.25, 0.3) is 5.91 Å². The van der Waals surface area contributed by atoms with Gasteiger partial charge in [-0.15, -0.1) is 11.8 Å². The Morgan fingerprint density at radius 1 is 0.741 bits per heavy atom. The Morgan fingerprint density at radius 3 is 2.37 bits per heavy atom. The second-order valence-corrected chi connectivity index (χ2v) is 7.37. The molecule has 4 aromatic rings. The van der Waals surface area contributed by atoms with Crippen molar-refractivity contribution in [2.45, 2.75) is 10.6 Å². The highest BCUT2D eigenvalue weighted by atomic mass is 32.2. The minimum absolute atomic E-state index is 0.0917. The summed E-state index contributed by atoms with van der Waals surface area (Å²) in [6.07, 6.45) is 0. The van der Waals surface area contributed by atoms with Gasteiger partial charge in [-0.25, -0.2) is 0 Å². The molecule has 132 valence electrons. The number of amides is 1. The molecular formula is C24H19NOS. The molecule has 0 saturated heterocycles. The summed E-state index contributed by atoms with van der Waals surface area (Å²) in [4.78, 5) is 13.8. The van der Waals surface area contributed by atoms with Crippen molar-refractivity contribution in [1.82, 2.24) is 0 Å². The van der Waals surface area contributed by atoms with Crippen molar-refractivity contribution in [3.05, 3.63) is 108 Å². The quantitative estimate of drug-likeness (QED) is 0.413. The lowest BCUT2D eigenvalue weighted by atomic mass is 10.1. The highest BCUT2D eigenvalue weighted by molar-refractivity contribution is 7.98. The maximum absolute atomic E-state index is 12.6. The van der Waals surface area contributed by atoms with Crippen LogP contribution in [0.2, 0.25) is 0 Å². The van der Waals surface area contributed by atoms with Gasteiger partial charge in [-0.1, -0.05) is 66.7 Å². The number of anilines is 1. The topological polar surface area (TPSA) is 29.1 Å². The molecule has 0 bridgehead atoms. The SMILES string of the molecule is O=C(Nc1cccc(SCc2ccccc2)c1)c1ccc2ccccc2c1. The first kappa shape index (κ1) is 17.4. The summed E-state index contributed by atoms with van der Waals surface area (Å²) in [6.45, 7) is 0. The lowest BCUT2D eigenvalue weighted by Crippen LogP contribution is -2.11. The molecule has 1 N–H and O–H groups in total. The third-order valence-electron chi connectivity index (χ3n) is 4.35. The second-order valence-electron chi connectivity index (χ2n) is 6.32. The molecule has 4 aromatic carbocycles. The lowest BCUT2D eigenvalue weighted by molar-refractivity contribution is 0.102. The minimum atomic E-state index is -0.0917. The van der Waals surface area contributed by atoms with Crippen LogP contribution in [0.5, 0.6) is 0 Å². The van der Waals surface area contributed by atoms with Crippen molar-refractivity contribution in [2.24, 2.45) is 0 Å². The molecule has 0 aromatic heterocycles. The van der Waals surface area contributed by atoms with Crippen LogP contribution in [0.25, 0.3) is 10.8 Å². The van der Waals surface area contributed by atoms with Crippen molar-refractivity contribution < 1.29 is 4.79 Å². The summed E-state index contributed by atoms with van der Waals surface area (Å²) in [6, 6.07) is 32.2. The van der Waals surface area contributed by atoms with Crippen molar-refractivity contribution in [1.29, 1.82) is 0 Å². The zero-order valence-electron chi connectivity index (χ0n) is 14.8.